The minimum Gasteiger partial charge on any atom is -0.318 e. The minimum absolute atomic E-state index is 0.186. The van der Waals surface area contributed by atoms with Gasteiger partial charge in [0.15, 0.2) is 5.66 Å². The van der Waals surface area contributed by atoms with Gasteiger partial charge in [0.05, 0.1) is 12.1 Å². The number of fused-ring (bicyclic) bond motifs is 1. The average molecular weight is 431 g/mol. The van der Waals surface area contributed by atoms with Crippen molar-refractivity contribution in [2.75, 3.05) is 20.1 Å². The molecule has 6 nitrogen and oxygen atoms in total. The lowest BCUT2D eigenvalue weighted by atomic mass is 9.87. The minimum atomic E-state index is -0.861. The number of benzene rings is 2. The summed E-state index contributed by atoms with van der Waals surface area (Å²) in [6.45, 7) is 4.88. The topological polar surface area (TPSA) is 49.7 Å². The van der Waals surface area contributed by atoms with Gasteiger partial charge in [-0.3, -0.25) is 10.3 Å². The third-order valence-corrected chi connectivity index (χ3v) is 6.16. The summed E-state index contributed by atoms with van der Waals surface area (Å²) in [6.07, 6.45) is 1.76. The maximum Gasteiger partial charge on any atom is 0.357 e. The molecule has 0 saturated carbocycles. The third-order valence-electron chi connectivity index (χ3n) is 5.93. The van der Waals surface area contributed by atoms with Gasteiger partial charge in [-0.05, 0) is 49.9 Å². The molecule has 1 aromatic heterocycles. The Bertz CT molecular complexity index is 1070. The van der Waals surface area contributed by atoms with Crippen LogP contribution in [-0.4, -0.2) is 46.5 Å². The van der Waals surface area contributed by atoms with E-state index in [1.807, 2.05) is 32.0 Å². The molecule has 1 N–H and O–H groups in total. The van der Waals surface area contributed by atoms with Crippen molar-refractivity contribution in [1.82, 2.24) is 20.0 Å². The van der Waals surface area contributed by atoms with Gasteiger partial charge in [0.25, 0.3) is 0 Å². The van der Waals surface area contributed by atoms with Gasteiger partial charge >= 0.3 is 6.03 Å². The molecule has 4 rings (SSSR count). The number of carbonyl (C=O) groups excluding carboxylic acids is 1. The molecule has 1 aliphatic heterocycles. The maximum atomic E-state index is 13.5. The van der Waals surface area contributed by atoms with Crippen molar-refractivity contribution < 1.29 is 14.1 Å². The van der Waals surface area contributed by atoms with E-state index in [9.17, 15) is 9.18 Å². The first-order chi connectivity index (χ1) is 14.4. The first-order valence-electron chi connectivity index (χ1n) is 9.88. The highest BCUT2D eigenvalue weighted by molar-refractivity contribution is 6.31. The van der Waals surface area contributed by atoms with Crippen LogP contribution in [-0.2, 0) is 0 Å². The van der Waals surface area contributed by atoms with E-state index in [1.165, 1.54) is 17.2 Å². The van der Waals surface area contributed by atoms with Crippen LogP contribution in [0.4, 0.5) is 9.18 Å². The van der Waals surface area contributed by atoms with Crippen molar-refractivity contribution in [3.05, 3.63) is 71.1 Å². The smallest absolute Gasteiger partial charge is 0.318 e. The molecular formula is C22H24ClFN4O2. The number of urea groups is 1. The van der Waals surface area contributed by atoms with Crippen molar-refractivity contribution in [2.24, 2.45) is 0 Å². The second-order valence-corrected chi connectivity index (χ2v) is 7.90. The number of hydroxylamine groups is 2. The largest absolute Gasteiger partial charge is 0.357 e. The summed E-state index contributed by atoms with van der Waals surface area (Å²) in [7, 11) is 1.80. The standard InChI is InChI=1S/C22H24ClFN4O2/c1-4-26-14-22(25-3,15(2)16-6-9-19(24)10-7-16)28(21(26)29)30-27-12-11-17-5-8-18(23)13-20(17)27/h5-13,15,25H,4,14H2,1-3H3. The Morgan fingerprint density at radius 2 is 1.97 bits per heavy atom. The lowest BCUT2D eigenvalue weighted by Gasteiger charge is -2.39. The summed E-state index contributed by atoms with van der Waals surface area (Å²) in [5.74, 6) is -0.486. The van der Waals surface area contributed by atoms with Crippen molar-refractivity contribution in [3.63, 3.8) is 0 Å². The number of nitrogens with one attached hydrogen (secondary N) is 1. The van der Waals surface area contributed by atoms with Gasteiger partial charge in [0.1, 0.15) is 5.82 Å². The highest BCUT2D eigenvalue weighted by Gasteiger charge is 2.55. The highest BCUT2D eigenvalue weighted by atomic mass is 35.5. The number of halogens is 2. The van der Waals surface area contributed by atoms with Crippen molar-refractivity contribution in [3.8, 4) is 0 Å². The number of carbonyl (C=O) groups is 1. The highest BCUT2D eigenvalue weighted by Crippen LogP contribution is 2.37. The number of aromatic nitrogens is 1. The van der Waals surface area contributed by atoms with E-state index in [0.717, 1.165) is 16.5 Å². The monoisotopic (exact) mass is 430 g/mol. The Morgan fingerprint density at radius 1 is 1.23 bits per heavy atom. The molecule has 2 amide bonds. The van der Waals surface area contributed by atoms with Crippen LogP contribution < -0.4 is 10.3 Å². The fraction of sp³-hybridized carbons (Fsp3) is 0.318. The molecule has 1 fully saturated rings. The summed E-state index contributed by atoms with van der Waals surface area (Å²) in [4.78, 5) is 21.1. The van der Waals surface area contributed by atoms with Gasteiger partial charge in [-0.25, -0.2) is 9.18 Å². The molecule has 0 bridgehead atoms. The predicted octanol–water partition coefficient (Wildman–Crippen LogP) is 4.25. The first kappa shape index (κ1) is 20.5. The van der Waals surface area contributed by atoms with Gasteiger partial charge < -0.3 is 4.90 Å². The van der Waals surface area contributed by atoms with E-state index < -0.39 is 5.66 Å². The van der Waals surface area contributed by atoms with E-state index in [-0.39, 0.29) is 17.8 Å². The number of hydrogen-bond donors (Lipinski definition) is 1. The molecule has 0 spiro atoms. The number of nitrogens with zero attached hydrogens (tertiary/aromatic N) is 3. The average Bonchev–Trinajstić information content (AvgIpc) is 3.27. The Hall–Kier alpha value is -2.77. The molecule has 2 atom stereocenters. The normalized spacial score (nSPS) is 20.2. The summed E-state index contributed by atoms with van der Waals surface area (Å²) in [6, 6.07) is 13.5. The molecule has 0 radical (unpaired) electrons. The summed E-state index contributed by atoms with van der Waals surface area (Å²) < 4.78 is 15.0. The van der Waals surface area contributed by atoms with Gasteiger partial charge in [0.2, 0.25) is 0 Å². The van der Waals surface area contributed by atoms with Crippen LogP contribution in [0.2, 0.25) is 5.02 Å². The van der Waals surface area contributed by atoms with E-state index in [1.54, 1.807) is 41.1 Å². The second-order valence-electron chi connectivity index (χ2n) is 7.46. The van der Waals surface area contributed by atoms with Crippen LogP contribution in [0.5, 0.6) is 0 Å². The van der Waals surface area contributed by atoms with Crippen LogP contribution in [0.3, 0.4) is 0 Å². The summed E-state index contributed by atoms with van der Waals surface area (Å²) in [5, 5.41) is 6.21. The SMILES string of the molecule is CCN1CC(NC)(C(C)c2ccc(F)cc2)N(On2ccc3ccc(Cl)cc32)C1=O. The second kappa shape index (κ2) is 7.81. The third kappa shape index (κ3) is 3.28. The molecule has 2 aromatic carbocycles. The molecular weight excluding hydrogens is 407 g/mol. The Balaban J connectivity index is 1.76. The molecule has 1 aliphatic rings. The lowest BCUT2D eigenvalue weighted by Crippen LogP contribution is -2.62. The molecule has 2 unspecified atom stereocenters. The molecule has 8 heteroatoms. The Labute approximate surface area is 179 Å². The fourth-order valence-electron chi connectivity index (χ4n) is 4.05. The molecule has 158 valence electrons. The van der Waals surface area contributed by atoms with Crippen LogP contribution in [0.15, 0.2) is 54.7 Å². The zero-order chi connectivity index (χ0) is 21.5. The molecule has 0 aliphatic carbocycles. The zero-order valence-electron chi connectivity index (χ0n) is 17.1. The fourth-order valence-corrected chi connectivity index (χ4v) is 4.22. The predicted molar refractivity (Wildman–Crippen MR) is 115 cm³/mol. The van der Waals surface area contributed by atoms with E-state index in [4.69, 9.17) is 16.5 Å². The summed E-state index contributed by atoms with van der Waals surface area (Å²) in [5.41, 5.74) is 0.787. The van der Waals surface area contributed by atoms with Gasteiger partial charge in [-0.15, -0.1) is 5.06 Å². The molecule has 1 saturated heterocycles. The quantitative estimate of drug-likeness (QED) is 0.636. The molecule has 30 heavy (non-hydrogen) atoms. The molecule has 2 heterocycles. The van der Waals surface area contributed by atoms with Crippen molar-refractivity contribution in [2.45, 2.75) is 25.4 Å². The van der Waals surface area contributed by atoms with Crippen LogP contribution in [0.25, 0.3) is 10.9 Å². The van der Waals surface area contributed by atoms with Crippen molar-refractivity contribution >= 4 is 28.5 Å². The number of hydrogen-bond acceptors (Lipinski definition) is 3. The lowest BCUT2D eigenvalue weighted by molar-refractivity contribution is -0.177. The van der Waals surface area contributed by atoms with Crippen LogP contribution in [0, 0.1) is 5.82 Å². The van der Waals surface area contributed by atoms with E-state index >= 15 is 0 Å². The Kier molecular flexibility index (Phi) is 5.34. The first-order valence-corrected chi connectivity index (χ1v) is 10.3. The summed E-state index contributed by atoms with van der Waals surface area (Å²) >= 11 is 6.16. The molecule has 3 aromatic rings. The van der Waals surface area contributed by atoms with Gasteiger partial charge in [-0.1, -0.05) is 36.7 Å². The number of rotatable bonds is 6. The maximum absolute atomic E-state index is 13.5. The van der Waals surface area contributed by atoms with Crippen LogP contribution >= 0.6 is 11.6 Å². The van der Waals surface area contributed by atoms with E-state index in [2.05, 4.69) is 5.32 Å². The Morgan fingerprint density at radius 3 is 2.63 bits per heavy atom. The zero-order valence-corrected chi connectivity index (χ0v) is 17.9. The van der Waals surface area contributed by atoms with Crippen molar-refractivity contribution in [1.29, 1.82) is 0 Å². The van der Waals surface area contributed by atoms with E-state index in [0.29, 0.717) is 18.1 Å². The van der Waals surface area contributed by atoms with Gasteiger partial charge in [-0.2, -0.15) is 4.73 Å². The number of likely N-dealkylation sites (N-methyl/N-ethyl adjacent to an activating group) is 2. The van der Waals surface area contributed by atoms with Crippen LogP contribution in [0.1, 0.15) is 25.3 Å². The number of amides is 2. The van der Waals surface area contributed by atoms with Gasteiger partial charge in [0, 0.05) is 29.1 Å².